The van der Waals surface area contributed by atoms with Crippen LogP contribution in [0.2, 0.25) is 0 Å². The van der Waals surface area contributed by atoms with Crippen LogP contribution in [0.5, 0.6) is 0 Å². The first kappa shape index (κ1) is 45.4. The van der Waals surface area contributed by atoms with Crippen LogP contribution in [0.25, 0.3) is 0 Å². The topological polar surface area (TPSA) is 283 Å². The van der Waals surface area contributed by atoms with Gasteiger partial charge in [-0.15, -0.1) is 0 Å². The molecule has 1 rings (SSSR count). The Kier molecular flexibility index (Phi) is 24.5. The summed E-state index contributed by atoms with van der Waals surface area (Å²) in [7, 11) is 3.11. The summed E-state index contributed by atoms with van der Waals surface area (Å²) in [4.78, 5) is 39.3. The molecular formula is C31H59N7O12. The standard InChI is InChI=1S/C31H59N7O12/c1-49-12-4-7-32-29-27(26(47)6-3-10-37(14-22(43)18-39)15-23(44)19-40)35-30(33-8-5-13-50-2)28(36-29)31(48)34-9-11-38(16-24(45)20-41)17-25(46)21-42/h22-25,39-46H,3-21H2,1-2H3,(H,32,36)(H,33,35)(H,34,48). The molecule has 0 aliphatic heterocycles. The van der Waals surface area contributed by atoms with Crippen molar-refractivity contribution in [1.29, 1.82) is 0 Å². The quantitative estimate of drug-likeness (QED) is 0.0258. The molecule has 19 heteroatoms. The Morgan fingerprint density at radius 3 is 1.50 bits per heavy atom. The second kappa shape index (κ2) is 27.1. The molecule has 0 aliphatic rings. The third-order valence-electron chi connectivity index (χ3n) is 7.32. The van der Waals surface area contributed by atoms with Crippen molar-refractivity contribution in [3.63, 3.8) is 0 Å². The first-order chi connectivity index (χ1) is 24.0. The van der Waals surface area contributed by atoms with E-state index in [4.69, 9.17) is 9.47 Å². The third-order valence-corrected chi connectivity index (χ3v) is 7.32. The second-order valence-corrected chi connectivity index (χ2v) is 11.8. The van der Waals surface area contributed by atoms with Crippen LogP contribution in [-0.4, -0.2) is 209 Å². The normalized spacial score (nSPS) is 14.1. The van der Waals surface area contributed by atoms with E-state index in [1.54, 1.807) is 24.0 Å². The number of ether oxygens (including phenoxy) is 2. The average molecular weight is 722 g/mol. The maximum atomic E-state index is 13.6. The summed E-state index contributed by atoms with van der Waals surface area (Å²) in [5.41, 5.74) is -0.0968. The van der Waals surface area contributed by atoms with Crippen LogP contribution in [0.15, 0.2) is 0 Å². The maximum Gasteiger partial charge on any atom is 0.273 e. The van der Waals surface area contributed by atoms with Gasteiger partial charge in [0.25, 0.3) is 5.91 Å². The molecule has 4 atom stereocenters. The van der Waals surface area contributed by atoms with Gasteiger partial charge in [0.15, 0.2) is 28.8 Å². The summed E-state index contributed by atoms with van der Waals surface area (Å²) in [6.45, 7) is 0.0480. The number of methoxy groups -OCH3 is 2. The number of aliphatic hydroxyl groups excluding tert-OH is 8. The van der Waals surface area contributed by atoms with Crippen LogP contribution in [-0.2, 0) is 9.47 Å². The Morgan fingerprint density at radius 2 is 1.06 bits per heavy atom. The Balaban J connectivity index is 3.29. The largest absolute Gasteiger partial charge is 0.394 e. The van der Waals surface area contributed by atoms with Crippen molar-refractivity contribution in [3.05, 3.63) is 11.4 Å². The number of carbonyl (C=O) groups is 2. The van der Waals surface area contributed by atoms with Crippen LogP contribution in [0.1, 0.15) is 46.7 Å². The highest BCUT2D eigenvalue weighted by Gasteiger charge is 2.24. The van der Waals surface area contributed by atoms with Gasteiger partial charge in [-0.3, -0.25) is 19.4 Å². The highest BCUT2D eigenvalue weighted by atomic mass is 16.5. The summed E-state index contributed by atoms with van der Waals surface area (Å²) in [5, 5.41) is 85.5. The van der Waals surface area contributed by atoms with Crippen molar-refractivity contribution in [1.82, 2.24) is 25.1 Å². The molecule has 0 aliphatic carbocycles. The first-order valence-electron chi connectivity index (χ1n) is 16.8. The van der Waals surface area contributed by atoms with Crippen molar-refractivity contribution in [3.8, 4) is 0 Å². The molecule has 0 radical (unpaired) electrons. The van der Waals surface area contributed by atoms with Crippen LogP contribution in [0, 0.1) is 0 Å². The van der Waals surface area contributed by atoms with Crippen LogP contribution >= 0.6 is 0 Å². The smallest absolute Gasteiger partial charge is 0.273 e. The van der Waals surface area contributed by atoms with Gasteiger partial charge >= 0.3 is 0 Å². The molecule has 1 amide bonds. The zero-order chi connectivity index (χ0) is 37.3. The Hall–Kier alpha value is -2.66. The molecule has 0 aromatic carbocycles. The van der Waals surface area contributed by atoms with E-state index in [1.165, 1.54) is 0 Å². The van der Waals surface area contributed by atoms with Crippen molar-refractivity contribution in [2.45, 2.75) is 50.1 Å². The molecule has 0 saturated heterocycles. The summed E-state index contributed by atoms with van der Waals surface area (Å²) in [6, 6.07) is 0. The minimum absolute atomic E-state index is 0.00676. The average Bonchev–Trinajstić information content (AvgIpc) is 3.11. The van der Waals surface area contributed by atoms with E-state index in [0.717, 1.165) is 0 Å². The van der Waals surface area contributed by atoms with Gasteiger partial charge < -0.3 is 66.3 Å². The lowest BCUT2D eigenvalue weighted by atomic mass is 10.1. The van der Waals surface area contributed by atoms with E-state index in [0.29, 0.717) is 39.1 Å². The van der Waals surface area contributed by atoms with Crippen LogP contribution < -0.4 is 16.0 Å². The number of rotatable bonds is 31. The molecule has 11 N–H and O–H groups in total. The fraction of sp³-hybridized carbons (Fsp3) is 0.806. The molecule has 0 saturated carbocycles. The first-order valence-corrected chi connectivity index (χ1v) is 16.8. The predicted molar refractivity (Wildman–Crippen MR) is 183 cm³/mol. The summed E-state index contributed by atoms with van der Waals surface area (Å²) >= 11 is 0. The second-order valence-electron chi connectivity index (χ2n) is 11.8. The fourth-order valence-electron chi connectivity index (χ4n) is 4.81. The van der Waals surface area contributed by atoms with E-state index in [1.807, 2.05) is 0 Å². The number of carbonyl (C=O) groups excluding carboxylic acids is 2. The zero-order valence-corrected chi connectivity index (χ0v) is 29.2. The van der Waals surface area contributed by atoms with Crippen LogP contribution in [0.4, 0.5) is 11.6 Å². The van der Waals surface area contributed by atoms with E-state index < -0.39 is 56.8 Å². The minimum Gasteiger partial charge on any atom is -0.394 e. The highest BCUT2D eigenvalue weighted by Crippen LogP contribution is 2.21. The lowest BCUT2D eigenvalue weighted by Crippen LogP contribution is -2.44. The number of Topliss-reactive ketones (excluding diaryl/α,β-unsaturated/α-hetero) is 1. The molecule has 0 bridgehead atoms. The van der Waals surface area contributed by atoms with E-state index >= 15 is 0 Å². The fourth-order valence-corrected chi connectivity index (χ4v) is 4.81. The molecule has 0 spiro atoms. The molecule has 1 aromatic rings. The number of aromatic nitrogens is 2. The molecule has 4 unspecified atom stereocenters. The highest BCUT2D eigenvalue weighted by molar-refractivity contribution is 6.02. The lowest BCUT2D eigenvalue weighted by molar-refractivity contribution is 0.0228. The molecule has 50 heavy (non-hydrogen) atoms. The third kappa shape index (κ3) is 18.5. The number of anilines is 2. The molecular weight excluding hydrogens is 662 g/mol. The molecule has 1 heterocycles. The van der Waals surface area contributed by atoms with E-state index in [9.17, 15) is 50.4 Å². The van der Waals surface area contributed by atoms with Crippen molar-refractivity contribution >= 4 is 23.3 Å². The zero-order valence-electron chi connectivity index (χ0n) is 29.2. The van der Waals surface area contributed by atoms with Gasteiger partial charge in [-0.1, -0.05) is 0 Å². The molecule has 0 fully saturated rings. The van der Waals surface area contributed by atoms with Crippen molar-refractivity contribution < 1.29 is 59.9 Å². The number of aliphatic hydroxyl groups is 8. The number of ketones is 1. The Bertz CT molecular complexity index is 971. The monoisotopic (exact) mass is 721 g/mol. The van der Waals surface area contributed by atoms with Gasteiger partial charge in [-0.25, -0.2) is 9.97 Å². The van der Waals surface area contributed by atoms with Gasteiger partial charge in [0.05, 0.1) is 50.8 Å². The van der Waals surface area contributed by atoms with Crippen LogP contribution in [0.3, 0.4) is 0 Å². The van der Waals surface area contributed by atoms with Crippen molar-refractivity contribution in [2.75, 3.05) is 123 Å². The van der Waals surface area contributed by atoms with E-state index in [-0.39, 0.29) is 87.5 Å². The molecule has 19 nitrogen and oxygen atoms in total. The summed E-state index contributed by atoms with van der Waals surface area (Å²) in [5.74, 6) is -0.853. The number of hydrogen-bond donors (Lipinski definition) is 11. The SMILES string of the molecule is COCCCNc1nc(C(=O)NCCN(CC(O)CO)CC(O)CO)c(NCCCOC)nc1C(=O)CCCN(CC(O)CO)CC(O)CO. The van der Waals surface area contributed by atoms with Gasteiger partial charge in [-0.2, -0.15) is 0 Å². The number of hydrogen-bond acceptors (Lipinski definition) is 18. The molecule has 290 valence electrons. The molecule has 1 aromatic heterocycles. The number of nitrogens with zero attached hydrogens (tertiary/aromatic N) is 4. The van der Waals surface area contributed by atoms with Gasteiger partial charge in [-0.05, 0) is 25.8 Å². The summed E-state index contributed by atoms with van der Waals surface area (Å²) < 4.78 is 10.2. The summed E-state index contributed by atoms with van der Waals surface area (Å²) in [6.07, 6.45) is -2.93. The predicted octanol–water partition coefficient (Wildman–Crippen LogP) is -3.92. The van der Waals surface area contributed by atoms with Gasteiger partial charge in [0.1, 0.15) is 0 Å². The number of amides is 1. The Morgan fingerprint density at radius 1 is 0.640 bits per heavy atom. The lowest BCUT2D eigenvalue weighted by Gasteiger charge is -2.26. The Labute approximate surface area is 293 Å². The van der Waals surface area contributed by atoms with E-state index in [2.05, 4.69) is 25.9 Å². The van der Waals surface area contributed by atoms with Crippen molar-refractivity contribution in [2.24, 2.45) is 0 Å². The minimum atomic E-state index is -1.09. The van der Waals surface area contributed by atoms with Gasteiger partial charge in [0.2, 0.25) is 0 Å². The maximum absolute atomic E-state index is 13.6. The van der Waals surface area contributed by atoms with Gasteiger partial charge in [0, 0.05) is 86.2 Å². The number of nitrogens with one attached hydrogen (secondary N) is 3.